The molecule has 3 heteroatoms. The molecule has 0 atom stereocenters. The van der Waals surface area contributed by atoms with E-state index in [1.807, 2.05) is 0 Å². The summed E-state index contributed by atoms with van der Waals surface area (Å²) >= 11 is 0. The summed E-state index contributed by atoms with van der Waals surface area (Å²) in [7, 11) is 0. The standard InChI is InChI=1S/C7H4FN2/c8-6-1-3-10-4-2-9-7(10)5-6/h1,3-5H. The van der Waals surface area contributed by atoms with E-state index in [2.05, 4.69) is 11.2 Å². The summed E-state index contributed by atoms with van der Waals surface area (Å²) in [6.07, 6.45) is 5.86. The molecule has 0 amide bonds. The Morgan fingerprint density at radius 3 is 3.40 bits per heavy atom. The summed E-state index contributed by atoms with van der Waals surface area (Å²) in [5.41, 5.74) is 0.583. The predicted molar refractivity (Wildman–Crippen MR) is 34.0 cm³/mol. The van der Waals surface area contributed by atoms with Crippen LogP contribution in [0.3, 0.4) is 0 Å². The first-order chi connectivity index (χ1) is 4.86. The largest absolute Gasteiger partial charge is 0.306 e. The molecule has 0 N–H and O–H groups in total. The van der Waals surface area contributed by atoms with Crippen LogP contribution >= 0.6 is 0 Å². The van der Waals surface area contributed by atoms with Gasteiger partial charge in [-0.25, -0.2) is 9.37 Å². The van der Waals surface area contributed by atoms with Crippen LogP contribution < -0.4 is 0 Å². The number of hydrogen-bond donors (Lipinski definition) is 0. The van der Waals surface area contributed by atoms with Crippen molar-refractivity contribution >= 4 is 5.65 Å². The van der Waals surface area contributed by atoms with E-state index in [0.717, 1.165) is 0 Å². The number of fused-ring (bicyclic) bond motifs is 1. The normalized spacial score (nSPS) is 10.5. The number of pyridine rings is 1. The highest BCUT2D eigenvalue weighted by Gasteiger charge is 1.93. The molecule has 2 nitrogen and oxygen atoms in total. The first-order valence-corrected chi connectivity index (χ1v) is 2.86. The lowest BCUT2D eigenvalue weighted by atomic mass is 10.4. The second kappa shape index (κ2) is 1.80. The third-order valence-electron chi connectivity index (χ3n) is 1.30. The molecule has 0 spiro atoms. The van der Waals surface area contributed by atoms with Gasteiger partial charge in [0.05, 0.1) is 0 Å². The summed E-state index contributed by atoms with van der Waals surface area (Å²) < 4.78 is 14.1. The third-order valence-corrected chi connectivity index (χ3v) is 1.30. The van der Waals surface area contributed by atoms with Crippen molar-refractivity contribution in [1.29, 1.82) is 0 Å². The lowest BCUT2D eigenvalue weighted by Crippen LogP contribution is -1.82. The van der Waals surface area contributed by atoms with Gasteiger partial charge in [-0.3, -0.25) is 0 Å². The minimum atomic E-state index is -0.271. The van der Waals surface area contributed by atoms with E-state index in [-0.39, 0.29) is 5.82 Å². The first kappa shape index (κ1) is 5.41. The summed E-state index contributed by atoms with van der Waals surface area (Å²) in [5, 5.41) is 0. The van der Waals surface area contributed by atoms with E-state index in [0.29, 0.717) is 5.65 Å². The molecule has 2 rings (SSSR count). The van der Waals surface area contributed by atoms with Gasteiger partial charge in [0.15, 0.2) is 0 Å². The molecule has 0 aliphatic carbocycles. The van der Waals surface area contributed by atoms with Crippen LogP contribution in [0.25, 0.3) is 5.65 Å². The second-order valence-electron chi connectivity index (χ2n) is 1.98. The van der Waals surface area contributed by atoms with Gasteiger partial charge < -0.3 is 4.40 Å². The highest BCUT2D eigenvalue weighted by Crippen LogP contribution is 2.01. The fraction of sp³-hybridized carbons (Fsp3) is 0. The smallest absolute Gasteiger partial charge is 0.140 e. The molecule has 0 aliphatic heterocycles. The molecule has 0 bridgehead atoms. The Kier molecular flexibility index (Phi) is 0.974. The molecule has 2 heterocycles. The highest BCUT2D eigenvalue weighted by atomic mass is 19.1. The van der Waals surface area contributed by atoms with E-state index in [1.165, 1.54) is 12.1 Å². The number of imidazole rings is 1. The molecule has 2 aromatic rings. The Balaban J connectivity index is 2.86. The lowest BCUT2D eigenvalue weighted by molar-refractivity contribution is 0.626. The van der Waals surface area contributed by atoms with Crippen molar-refractivity contribution in [2.24, 2.45) is 0 Å². The molecule has 0 unspecified atom stereocenters. The van der Waals surface area contributed by atoms with Crippen molar-refractivity contribution in [2.75, 3.05) is 0 Å². The molecule has 49 valence electrons. The topological polar surface area (TPSA) is 17.3 Å². The SMILES string of the molecule is Fc1ccn2c[c]nc2c1. The molecule has 0 aliphatic rings. The molecule has 0 saturated heterocycles. The maximum absolute atomic E-state index is 12.4. The molecular formula is C7H4FN2. The molecular weight excluding hydrogens is 131 g/mol. The number of halogens is 1. The molecule has 0 saturated carbocycles. The minimum absolute atomic E-state index is 0.271. The van der Waals surface area contributed by atoms with E-state index in [4.69, 9.17) is 0 Å². The Morgan fingerprint density at radius 1 is 1.60 bits per heavy atom. The van der Waals surface area contributed by atoms with Crippen LogP contribution in [0.5, 0.6) is 0 Å². The maximum Gasteiger partial charge on any atom is 0.140 e. The number of rotatable bonds is 0. The van der Waals surface area contributed by atoms with Crippen molar-refractivity contribution in [3.05, 3.63) is 36.5 Å². The van der Waals surface area contributed by atoms with E-state index >= 15 is 0 Å². The average molecular weight is 135 g/mol. The van der Waals surface area contributed by atoms with Gasteiger partial charge in [0.2, 0.25) is 0 Å². The average Bonchev–Trinajstić information content (AvgIpc) is 2.33. The number of nitrogens with zero attached hydrogens (tertiary/aromatic N) is 2. The lowest BCUT2D eigenvalue weighted by Gasteiger charge is -1.89. The van der Waals surface area contributed by atoms with E-state index in [1.54, 1.807) is 16.8 Å². The zero-order chi connectivity index (χ0) is 6.97. The van der Waals surface area contributed by atoms with Crippen LogP contribution in [0.1, 0.15) is 0 Å². The summed E-state index contributed by atoms with van der Waals surface area (Å²) in [5.74, 6) is -0.271. The number of aromatic nitrogens is 2. The van der Waals surface area contributed by atoms with Gasteiger partial charge in [0.25, 0.3) is 0 Å². The maximum atomic E-state index is 12.4. The van der Waals surface area contributed by atoms with Crippen molar-refractivity contribution in [3.8, 4) is 0 Å². The van der Waals surface area contributed by atoms with Crippen LogP contribution in [0, 0.1) is 12.0 Å². The van der Waals surface area contributed by atoms with Crippen LogP contribution in [0.4, 0.5) is 4.39 Å². The molecule has 1 radical (unpaired) electrons. The minimum Gasteiger partial charge on any atom is -0.306 e. The van der Waals surface area contributed by atoms with E-state index < -0.39 is 0 Å². The van der Waals surface area contributed by atoms with Gasteiger partial charge in [0.1, 0.15) is 17.7 Å². The highest BCUT2D eigenvalue weighted by molar-refractivity contribution is 5.37. The quantitative estimate of drug-likeness (QED) is 0.531. The Hall–Kier alpha value is -1.38. The fourth-order valence-corrected chi connectivity index (χ4v) is 0.830. The first-order valence-electron chi connectivity index (χ1n) is 2.86. The molecule has 2 aromatic heterocycles. The van der Waals surface area contributed by atoms with Crippen molar-refractivity contribution in [2.45, 2.75) is 0 Å². The van der Waals surface area contributed by atoms with Crippen molar-refractivity contribution < 1.29 is 4.39 Å². The summed E-state index contributed by atoms with van der Waals surface area (Å²) in [6.45, 7) is 0. The predicted octanol–water partition coefficient (Wildman–Crippen LogP) is 1.27. The Morgan fingerprint density at radius 2 is 2.50 bits per heavy atom. The Bertz CT molecular complexity index is 353. The zero-order valence-corrected chi connectivity index (χ0v) is 5.08. The van der Waals surface area contributed by atoms with E-state index in [9.17, 15) is 4.39 Å². The summed E-state index contributed by atoms with van der Waals surface area (Å²) in [6, 6.07) is 2.74. The molecule has 0 aromatic carbocycles. The van der Waals surface area contributed by atoms with Crippen LogP contribution in [-0.4, -0.2) is 9.38 Å². The van der Waals surface area contributed by atoms with Crippen molar-refractivity contribution in [3.63, 3.8) is 0 Å². The van der Waals surface area contributed by atoms with Gasteiger partial charge in [0, 0.05) is 18.5 Å². The van der Waals surface area contributed by atoms with Crippen LogP contribution in [-0.2, 0) is 0 Å². The van der Waals surface area contributed by atoms with Gasteiger partial charge in [-0.1, -0.05) is 0 Å². The summed E-state index contributed by atoms with van der Waals surface area (Å²) in [4.78, 5) is 3.78. The van der Waals surface area contributed by atoms with Gasteiger partial charge in [-0.05, 0) is 6.07 Å². The Labute approximate surface area is 56.9 Å². The van der Waals surface area contributed by atoms with Crippen LogP contribution in [0.2, 0.25) is 0 Å². The van der Waals surface area contributed by atoms with Gasteiger partial charge in [-0.2, -0.15) is 0 Å². The second-order valence-corrected chi connectivity index (χ2v) is 1.98. The number of hydrogen-bond acceptors (Lipinski definition) is 1. The zero-order valence-electron chi connectivity index (χ0n) is 5.08. The third kappa shape index (κ3) is 0.673. The molecule has 0 fully saturated rings. The fourth-order valence-electron chi connectivity index (χ4n) is 0.830. The monoisotopic (exact) mass is 135 g/mol. The van der Waals surface area contributed by atoms with Gasteiger partial charge >= 0.3 is 0 Å². The van der Waals surface area contributed by atoms with Crippen LogP contribution in [0.15, 0.2) is 24.5 Å². The van der Waals surface area contributed by atoms with Gasteiger partial charge in [-0.15, -0.1) is 0 Å². The molecule has 10 heavy (non-hydrogen) atoms. The van der Waals surface area contributed by atoms with Crippen molar-refractivity contribution in [1.82, 2.24) is 9.38 Å².